The van der Waals surface area contributed by atoms with E-state index in [9.17, 15) is 9.18 Å². The van der Waals surface area contributed by atoms with E-state index in [0.29, 0.717) is 12.2 Å². The highest BCUT2D eigenvalue weighted by Gasteiger charge is 2.07. The standard InChI is InChI=1S/C11H12ClFO2/c1-2-15-11-6-8(3-4-10(11)13)5-9(14)7-12/h3-4,6H,2,5,7H2,1H3. The summed E-state index contributed by atoms with van der Waals surface area (Å²) in [6.45, 7) is 2.17. The van der Waals surface area contributed by atoms with E-state index in [1.54, 1.807) is 13.0 Å². The van der Waals surface area contributed by atoms with Gasteiger partial charge in [-0.2, -0.15) is 0 Å². The zero-order valence-electron chi connectivity index (χ0n) is 8.43. The molecule has 0 spiro atoms. The number of ether oxygens (including phenoxy) is 1. The molecule has 0 aromatic heterocycles. The van der Waals surface area contributed by atoms with E-state index in [1.807, 2.05) is 0 Å². The zero-order valence-corrected chi connectivity index (χ0v) is 9.18. The molecule has 0 radical (unpaired) electrons. The molecule has 0 heterocycles. The van der Waals surface area contributed by atoms with Gasteiger partial charge in [-0.25, -0.2) is 4.39 Å². The van der Waals surface area contributed by atoms with E-state index >= 15 is 0 Å². The summed E-state index contributed by atoms with van der Waals surface area (Å²) in [5.74, 6) is -0.358. The minimum absolute atomic E-state index is 0.0264. The number of hydrogen-bond donors (Lipinski definition) is 0. The highest BCUT2D eigenvalue weighted by Crippen LogP contribution is 2.19. The average Bonchev–Trinajstić information content (AvgIpc) is 2.23. The van der Waals surface area contributed by atoms with Gasteiger partial charge in [-0.15, -0.1) is 11.6 Å². The molecular formula is C11H12ClFO2. The van der Waals surface area contributed by atoms with Gasteiger partial charge in [-0.3, -0.25) is 4.79 Å². The Bertz CT molecular complexity index is 352. The van der Waals surface area contributed by atoms with Crippen LogP contribution >= 0.6 is 11.6 Å². The van der Waals surface area contributed by atoms with Crippen LogP contribution in [0.25, 0.3) is 0 Å². The van der Waals surface area contributed by atoms with Crippen molar-refractivity contribution in [2.45, 2.75) is 13.3 Å². The maximum absolute atomic E-state index is 13.1. The molecule has 82 valence electrons. The summed E-state index contributed by atoms with van der Waals surface area (Å²) in [4.78, 5) is 11.1. The summed E-state index contributed by atoms with van der Waals surface area (Å²) in [6, 6.07) is 4.38. The summed E-state index contributed by atoms with van der Waals surface area (Å²) in [7, 11) is 0. The van der Waals surface area contributed by atoms with E-state index in [-0.39, 0.29) is 23.8 Å². The number of carbonyl (C=O) groups excluding carboxylic acids is 1. The van der Waals surface area contributed by atoms with Crippen LogP contribution in [0.5, 0.6) is 5.75 Å². The van der Waals surface area contributed by atoms with Crippen LogP contribution in [0.4, 0.5) is 4.39 Å². The first-order valence-electron chi connectivity index (χ1n) is 4.66. The lowest BCUT2D eigenvalue weighted by Crippen LogP contribution is -2.04. The zero-order chi connectivity index (χ0) is 11.3. The summed E-state index contributed by atoms with van der Waals surface area (Å²) in [5, 5.41) is 0. The summed E-state index contributed by atoms with van der Waals surface area (Å²) < 4.78 is 18.2. The topological polar surface area (TPSA) is 26.3 Å². The molecule has 1 aromatic rings. The maximum atomic E-state index is 13.1. The molecule has 0 aliphatic heterocycles. The van der Waals surface area contributed by atoms with Gasteiger partial charge in [0.2, 0.25) is 0 Å². The molecule has 0 unspecified atom stereocenters. The van der Waals surface area contributed by atoms with E-state index in [0.717, 1.165) is 0 Å². The predicted octanol–water partition coefficient (Wildman–Crippen LogP) is 2.57. The molecule has 1 rings (SSSR count). The number of benzene rings is 1. The van der Waals surface area contributed by atoms with Gasteiger partial charge in [-0.05, 0) is 24.6 Å². The number of halogens is 2. The number of Topliss-reactive ketones (excluding diaryl/α,β-unsaturated/α-hetero) is 1. The third-order valence-electron chi connectivity index (χ3n) is 1.85. The Morgan fingerprint density at radius 3 is 2.87 bits per heavy atom. The lowest BCUT2D eigenvalue weighted by molar-refractivity contribution is -0.116. The molecule has 4 heteroatoms. The van der Waals surface area contributed by atoms with E-state index < -0.39 is 5.82 Å². The van der Waals surface area contributed by atoms with Crippen molar-refractivity contribution in [3.05, 3.63) is 29.6 Å². The fourth-order valence-electron chi connectivity index (χ4n) is 1.20. The Balaban J connectivity index is 2.82. The van der Waals surface area contributed by atoms with Crippen molar-refractivity contribution >= 4 is 17.4 Å². The normalized spacial score (nSPS) is 10.1. The van der Waals surface area contributed by atoms with Gasteiger partial charge < -0.3 is 4.74 Å². The van der Waals surface area contributed by atoms with Crippen molar-refractivity contribution in [3.8, 4) is 5.75 Å². The van der Waals surface area contributed by atoms with Crippen LogP contribution in [0.2, 0.25) is 0 Å². The van der Waals surface area contributed by atoms with Crippen LogP contribution in [0.1, 0.15) is 12.5 Å². The van der Waals surface area contributed by atoms with E-state index in [1.165, 1.54) is 12.1 Å². The molecule has 1 aromatic carbocycles. The molecule has 0 saturated heterocycles. The van der Waals surface area contributed by atoms with Crippen LogP contribution in [0.3, 0.4) is 0 Å². The Labute approximate surface area is 93.0 Å². The number of rotatable bonds is 5. The molecule has 0 fully saturated rings. The molecular weight excluding hydrogens is 219 g/mol. The Hall–Kier alpha value is -1.09. The van der Waals surface area contributed by atoms with E-state index in [2.05, 4.69) is 0 Å². The first kappa shape index (κ1) is 12.0. The van der Waals surface area contributed by atoms with Gasteiger partial charge in [0.25, 0.3) is 0 Å². The van der Waals surface area contributed by atoms with Crippen LogP contribution in [0.15, 0.2) is 18.2 Å². The van der Waals surface area contributed by atoms with Gasteiger partial charge in [0.1, 0.15) is 0 Å². The van der Waals surface area contributed by atoms with Crippen molar-refractivity contribution in [1.29, 1.82) is 0 Å². The Kier molecular flexibility index (Phi) is 4.56. The fraction of sp³-hybridized carbons (Fsp3) is 0.364. The highest BCUT2D eigenvalue weighted by atomic mass is 35.5. The molecule has 2 nitrogen and oxygen atoms in total. The molecule has 0 aliphatic carbocycles. The third-order valence-corrected chi connectivity index (χ3v) is 2.14. The number of alkyl halides is 1. The predicted molar refractivity (Wildman–Crippen MR) is 57.0 cm³/mol. The first-order valence-corrected chi connectivity index (χ1v) is 5.19. The van der Waals surface area contributed by atoms with Gasteiger partial charge in [0.15, 0.2) is 17.3 Å². The molecule has 0 N–H and O–H groups in total. The minimum Gasteiger partial charge on any atom is -0.491 e. The fourth-order valence-corrected chi connectivity index (χ4v) is 1.29. The first-order chi connectivity index (χ1) is 7.17. The summed E-state index contributed by atoms with van der Waals surface area (Å²) >= 11 is 5.38. The quantitative estimate of drug-likeness (QED) is 0.727. The minimum atomic E-state index is -0.418. The van der Waals surface area contributed by atoms with E-state index in [4.69, 9.17) is 16.3 Å². The second-order valence-corrected chi connectivity index (χ2v) is 3.31. The molecule has 0 amide bonds. The van der Waals surface area contributed by atoms with Crippen LogP contribution in [-0.2, 0) is 11.2 Å². The molecule has 15 heavy (non-hydrogen) atoms. The smallest absolute Gasteiger partial charge is 0.165 e. The van der Waals surface area contributed by atoms with Gasteiger partial charge in [0, 0.05) is 6.42 Å². The monoisotopic (exact) mass is 230 g/mol. The molecule has 0 bridgehead atoms. The summed E-state index contributed by atoms with van der Waals surface area (Å²) in [5.41, 5.74) is 0.713. The van der Waals surface area contributed by atoms with Gasteiger partial charge >= 0.3 is 0 Å². The Morgan fingerprint density at radius 1 is 1.53 bits per heavy atom. The van der Waals surface area contributed by atoms with Crippen molar-refractivity contribution in [2.24, 2.45) is 0 Å². The molecule has 0 saturated carbocycles. The van der Waals surface area contributed by atoms with Crippen molar-refractivity contribution in [3.63, 3.8) is 0 Å². The highest BCUT2D eigenvalue weighted by molar-refractivity contribution is 6.27. The van der Waals surface area contributed by atoms with Crippen molar-refractivity contribution in [2.75, 3.05) is 12.5 Å². The lowest BCUT2D eigenvalue weighted by atomic mass is 10.1. The number of ketones is 1. The average molecular weight is 231 g/mol. The van der Waals surface area contributed by atoms with Crippen LogP contribution in [-0.4, -0.2) is 18.3 Å². The Morgan fingerprint density at radius 2 is 2.27 bits per heavy atom. The number of hydrogen-bond acceptors (Lipinski definition) is 2. The summed E-state index contributed by atoms with van der Waals surface area (Å²) in [6.07, 6.45) is 0.212. The number of carbonyl (C=O) groups is 1. The lowest BCUT2D eigenvalue weighted by Gasteiger charge is -2.06. The molecule has 0 aliphatic rings. The SMILES string of the molecule is CCOc1cc(CC(=O)CCl)ccc1F. The third kappa shape index (κ3) is 3.51. The van der Waals surface area contributed by atoms with Crippen molar-refractivity contribution < 1.29 is 13.9 Å². The second-order valence-electron chi connectivity index (χ2n) is 3.05. The largest absolute Gasteiger partial charge is 0.491 e. The molecule has 0 atom stereocenters. The van der Waals surface area contributed by atoms with Gasteiger partial charge in [0.05, 0.1) is 12.5 Å². The maximum Gasteiger partial charge on any atom is 0.165 e. The van der Waals surface area contributed by atoms with Crippen LogP contribution in [0, 0.1) is 5.82 Å². The van der Waals surface area contributed by atoms with Crippen molar-refractivity contribution in [1.82, 2.24) is 0 Å². The van der Waals surface area contributed by atoms with Gasteiger partial charge in [-0.1, -0.05) is 6.07 Å². The van der Waals surface area contributed by atoms with Crippen LogP contribution < -0.4 is 4.74 Å². The second kappa shape index (κ2) is 5.71.